The molecule has 3 saturated heterocycles. The van der Waals surface area contributed by atoms with Gasteiger partial charge in [-0.15, -0.1) is 11.3 Å². The first kappa shape index (κ1) is 27.6. The van der Waals surface area contributed by atoms with Crippen LogP contribution in [0.25, 0.3) is 20.5 Å². The number of ether oxygens (including phenoxy) is 1. The Labute approximate surface area is 253 Å². The number of thiophene rings is 1. The van der Waals surface area contributed by atoms with Crippen molar-refractivity contribution in [2.75, 3.05) is 57.3 Å². The Morgan fingerprint density at radius 2 is 1.50 bits per heavy atom. The summed E-state index contributed by atoms with van der Waals surface area (Å²) in [6.07, 6.45) is 7.76. The zero-order chi connectivity index (χ0) is 28.3. The highest BCUT2D eigenvalue weighted by Gasteiger charge is 2.28. The Morgan fingerprint density at radius 3 is 2.26 bits per heavy atom. The number of ketones is 1. The second-order valence-electron chi connectivity index (χ2n) is 12.1. The van der Waals surface area contributed by atoms with Crippen molar-refractivity contribution in [1.82, 2.24) is 9.80 Å². The normalized spacial score (nSPS) is 19.7. The average molecular weight is 580 g/mol. The number of carbonyl (C=O) groups is 1. The van der Waals surface area contributed by atoms with Crippen molar-refractivity contribution in [2.24, 2.45) is 0 Å². The first-order valence-corrected chi connectivity index (χ1v) is 16.7. The second-order valence-corrected chi connectivity index (χ2v) is 13.1. The first-order valence-electron chi connectivity index (χ1n) is 15.8. The Bertz CT molecular complexity index is 1500. The van der Waals surface area contributed by atoms with Gasteiger partial charge >= 0.3 is 0 Å². The van der Waals surface area contributed by atoms with Gasteiger partial charge in [0.1, 0.15) is 12.4 Å². The van der Waals surface area contributed by atoms with Crippen molar-refractivity contribution in [3.8, 4) is 16.2 Å². The lowest BCUT2D eigenvalue weighted by Gasteiger charge is -2.30. The smallest absolute Gasteiger partial charge is 0.195 e. The number of likely N-dealkylation sites (tertiary alicyclic amines) is 2. The summed E-state index contributed by atoms with van der Waals surface area (Å²) in [7, 11) is 0. The van der Waals surface area contributed by atoms with E-state index in [2.05, 4.69) is 57.2 Å². The molecule has 7 rings (SSSR count). The fourth-order valence-electron chi connectivity index (χ4n) is 7.05. The van der Waals surface area contributed by atoms with E-state index in [0.29, 0.717) is 12.6 Å². The Morgan fingerprint density at radius 1 is 0.786 bits per heavy atom. The molecule has 1 unspecified atom stereocenters. The number of hydrogen-bond donors (Lipinski definition) is 0. The van der Waals surface area contributed by atoms with Crippen LogP contribution < -0.4 is 9.64 Å². The van der Waals surface area contributed by atoms with Gasteiger partial charge < -0.3 is 14.5 Å². The van der Waals surface area contributed by atoms with E-state index >= 15 is 0 Å². The molecule has 5 nitrogen and oxygen atoms in total. The highest BCUT2D eigenvalue weighted by molar-refractivity contribution is 7.22. The highest BCUT2D eigenvalue weighted by Crippen LogP contribution is 2.40. The molecule has 4 aromatic rings. The largest absolute Gasteiger partial charge is 0.492 e. The van der Waals surface area contributed by atoms with Gasteiger partial charge in [-0.1, -0.05) is 18.2 Å². The molecular weight excluding hydrogens is 538 g/mol. The van der Waals surface area contributed by atoms with E-state index in [1.54, 1.807) is 11.3 Å². The monoisotopic (exact) mass is 579 g/mol. The van der Waals surface area contributed by atoms with Crippen molar-refractivity contribution in [2.45, 2.75) is 44.6 Å². The van der Waals surface area contributed by atoms with Crippen molar-refractivity contribution in [3.05, 3.63) is 83.9 Å². The summed E-state index contributed by atoms with van der Waals surface area (Å²) in [5.74, 6) is 0.974. The molecule has 6 heteroatoms. The molecule has 0 amide bonds. The second kappa shape index (κ2) is 12.6. The zero-order valence-corrected chi connectivity index (χ0v) is 25.3. The maximum atomic E-state index is 14.1. The van der Waals surface area contributed by atoms with Gasteiger partial charge in [-0.25, -0.2) is 0 Å². The molecule has 1 aromatic heterocycles. The van der Waals surface area contributed by atoms with Crippen molar-refractivity contribution in [1.29, 1.82) is 0 Å². The number of nitrogens with zero attached hydrogens (tertiary/aromatic N) is 3. The van der Waals surface area contributed by atoms with Crippen LogP contribution in [0.15, 0.2) is 72.8 Å². The van der Waals surface area contributed by atoms with E-state index in [-0.39, 0.29) is 5.78 Å². The molecule has 3 aliphatic rings. The molecule has 3 aliphatic heterocycles. The fourth-order valence-corrected chi connectivity index (χ4v) is 8.26. The minimum Gasteiger partial charge on any atom is -0.492 e. The molecule has 1 atom stereocenters. The summed E-state index contributed by atoms with van der Waals surface area (Å²) in [5, 5.41) is 1.03. The molecule has 42 heavy (non-hydrogen) atoms. The van der Waals surface area contributed by atoms with Crippen LogP contribution in [0, 0.1) is 0 Å². The van der Waals surface area contributed by atoms with Gasteiger partial charge in [-0.2, -0.15) is 0 Å². The zero-order valence-electron chi connectivity index (χ0n) is 24.5. The molecule has 3 fully saturated rings. The van der Waals surface area contributed by atoms with Crippen LogP contribution in [0.1, 0.15) is 54.4 Å². The lowest BCUT2D eigenvalue weighted by Crippen LogP contribution is -2.39. The molecule has 0 bridgehead atoms. The van der Waals surface area contributed by atoms with Gasteiger partial charge in [0, 0.05) is 57.5 Å². The average Bonchev–Trinajstić information content (AvgIpc) is 3.85. The van der Waals surface area contributed by atoms with Crippen molar-refractivity contribution in [3.63, 3.8) is 0 Å². The van der Waals surface area contributed by atoms with Crippen molar-refractivity contribution >= 4 is 32.9 Å². The van der Waals surface area contributed by atoms with Crippen LogP contribution in [0.2, 0.25) is 0 Å². The van der Waals surface area contributed by atoms with Crippen molar-refractivity contribution < 1.29 is 9.53 Å². The Kier molecular flexibility index (Phi) is 8.28. The molecular formula is C36H41N3O2S. The number of hydrogen-bond acceptors (Lipinski definition) is 6. The van der Waals surface area contributed by atoms with E-state index in [9.17, 15) is 4.79 Å². The topological polar surface area (TPSA) is 36.0 Å². The first-order chi connectivity index (χ1) is 20.7. The summed E-state index contributed by atoms with van der Waals surface area (Å²) in [4.78, 5) is 22.8. The van der Waals surface area contributed by atoms with E-state index < -0.39 is 0 Å². The summed E-state index contributed by atoms with van der Waals surface area (Å²) in [5.41, 5.74) is 3.86. The molecule has 0 saturated carbocycles. The summed E-state index contributed by atoms with van der Waals surface area (Å²) in [6, 6.07) is 25.6. The molecule has 3 aromatic carbocycles. The third kappa shape index (κ3) is 5.85. The van der Waals surface area contributed by atoms with Gasteiger partial charge in [0.25, 0.3) is 0 Å². The van der Waals surface area contributed by atoms with E-state index in [1.165, 1.54) is 70.4 Å². The van der Waals surface area contributed by atoms with Gasteiger partial charge in [-0.3, -0.25) is 9.69 Å². The summed E-state index contributed by atoms with van der Waals surface area (Å²) < 4.78 is 7.19. The SMILES string of the molecule is O=C(c1ccc(N2CCCC2CN2CCCC2)cc1)c1c(-c2ccc(OCCN3CCCC3)cc2)sc2ccccc12. The number of rotatable bonds is 10. The van der Waals surface area contributed by atoms with Crippen LogP contribution in [-0.2, 0) is 0 Å². The third-order valence-electron chi connectivity index (χ3n) is 9.32. The lowest BCUT2D eigenvalue weighted by atomic mass is 9.97. The maximum absolute atomic E-state index is 14.1. The summed E-state index contributed by atoms with van der Waals surface area (Å²) >= 11 is 1.70. The van der Waals surface area contributed by atoms with Crippen LogP contribution in [-0.4, -0.2) is 74.0 Å². The highest BCUT2D eigenvalue weighted by atomic mass is 32.1. The minimum atomic E-state index is 0.0926. The van der Waals surface area contributed by atoms with Gasteiger partial charge in [0.15, 0.2) is 5.78 Å². The van der Waals surface area contributed by atoms with Crippen LogP contribution in [0.5, 0.6) is 5.75 Å². The van der Waals surface area contributed by atoms with E-state index in [0.717, 1.165) is 57.0 Å². The molecule has 0 N–H and O–H groups in total. The number of carbonyl (C=O) groups excluding carboxylic acids is 1. The standard InChI is InChI=1S/C36H41N3O2S/c40-35(27-11-15-29(16-12-27)39-23-7-8-30(39)26-38-21-5-6-22-38)34-32-9-1-2-10-33(32)42-36(34)28-13-17-31(18-14-28)41-25-24-37-19-3-4-20-37/h1-2,9-18,30H,3-8,19-26H2. The molecule has 4 heterocycles. The predicted octanol–water partition coefficient (Wildman–Crippen LogP) is 7.34. The summed E-state index contributed by atoms with van der Waals surface area (Å²) in [6.45, 7) is 8.80. The fraction of sp³-hybridized carbons (Fsp3) is 0.417. The quantitative estimate of drug-likeness (QED) is 0.184. The molecule has 218 valence electrons. The third-order valence-corrected chi connectivity index (χ3v) is 10.5. The minimum absolute atomic E-state index is 0.0926. The van der Waals surface area contributed by atoms with Crippen LogP contribution >= 0.6 is 11.3 Å². The lowest BCUT2D eigenvalue weighted by molar-refractivity contribution is 0.104. The van der Waals surface area contributed by atoms with Gasteiger partial charge in [0.05, 0.1) is 0 Å². The predicted molar refractivity (Wildman–Crippen MR) is 174 cm³/mol. The van der Waals surface area contributed by atoms with Crippen LogP contribution in [0.4, 0.5) is 5.69 Å². The molecule has 0 aliphatic carbocycles. The Hall–Kier alpha value is -3.19. The van der Waals surface area contributed by atoms with E-state index in [4.69, 9.17) is 4.74 Å². The van der Waals surface area contributed by atoms with E-state index in [1.807, 2.05) is 30.3 Å². The number of anilines is 1. The maximum Gasteiger partial charge on any atom is 0.195 e. The number of benzene rings is 3. The Balaban J connectivity index is 1.10. The van der Waals surface area contributed by atoms with Gasteiger partial charge in [-0.05, 0) is 125 Å². The number of fused-ring (bicyclic) bond motifs is 1. The molecule has 0 radical (unpaired) electrons. The van der Waals surface area contributed by atoms with Crippen LogP contribution in [0.3, 0.4) is 0 Å². The van der Waals surface area contributed by atoms with Gasteiger partial charge in [0.2, 0.25) is 0 Å². The molecule has 0 spiro atoms.